The molecule has 1 heterocycles. The summed E-state index contributed by atoms with van der Waals surface area (Å²) in [7, 11) is 0. The first kappa shape index (κ1) is 20.0. The van der Waals surface area contributed by atoms with Gasteiger partial charge in [0.1, 0.15) is 12.2 Å². The van der Waals surface area contributed by atoms with E-state index >= 15 is 0 Å². The second-order valence-electron chi connectivity index (χ2n) is 7.61. The SMILES string of the molecule is CC(C)(C)OC(=O)N1CCC(O)(CNC(=O)OCc2ccccc2)CC1. The Morgan fingerprint density at radius 1 is 1.19 bits per heavy atom. The number of amides is 2. The van der Waals surface area contributed by atoms with Crippen molar-refractivity contribution in [3.63, 3.8) is 0 Å². The summed E-state index contributed by atoms with van der Waals surface area (Å²) in [5.41, 5.74) is -0.703. The molecule has 0 aromatic heterocycles. The number of hydrogen-bond acceptors (Lipinski definition) is 5. The first-order chi connectivity index (χ1) is 12.2. The average molecular weight is 364 g/mol. The summed E-state index contributed by atoms with van der Waals surface area (Å²) in [6.07, 6.45) is -0.220. The predicted molar refractivity (Wildman–Crippen MR) is 96.6 cm³/mol. The van der Waals surface area contributed by atoms with Crippen molar-refractivity contribution in [2.75, 3.05) is 19.6 Å². The monoisotopic (exact) mass is 364 g/mol. The van der Waals surface area contributed by atoms with E-state index in [2.05, 4.69) is 5.32 Å². The highest BCUT2D eigenvalue weighted by Crippen LogP contribution is 2.23. The maximum Gasteiger partial charge on any atom is 0.410 e. The third-order valence-electron chi connectivity index (χ3n) is 4.12. The zero-order chi connectivity index (χ0) is 19.2. The fraction of sp³-hybridized carbons (Fsp3) is 0.579. The van der Waals surface area contributed by atoms with Gasteiger partial charge in [0.2, 0.25) is 0 Å². The number of likely N-dealkylation sites (tertiary alicyclic amines) is 1. The fourth-order valence-electron chi connectivity index (χ4n) is 2.62. The molecule has 1 saturated heterocycles. The lowest BCUT2D eigenvalue weighted by molar-refractivity contribution is -0.0309. The normalized spacial score (nSPS) is 16.7. The van der Waals surface area contributed by atoms with Crippen LogP contribution in [0.15, 0.2) is 30.3 Å². The van der Waals surface area contributed by atoms with Gasteiger partial charge in [0.05, 0.1) is 5.60 Å². The van der Waals surface area contributed by atoms with E-state index in [1.54, 1.807) is 4.90 Å². The molecule has 144 valence electrons. The van der Waals surface area contributed by atoms with Crippen LogP contribution >= 0.6 is 0 Å². The molecule has 0 radical (unpaired) electrons. The Morgan fingerprint density at radius 2 is 1.81 bits per heavy atom. The Hall–Kier alpha value is -2.28. The van der Waals surface area contributed by atoms with Crippen LogP contribution in [0.4, 0.5) is 9.59 Å². The smallest absolute Gasteiger partial charge is 0.410 e. The zero-order valence-corrected chi connectivity index (χ0v) is 15.7. The van der Waals surface area contributed by atoms with Crippen LogP contribution in [0.25, 0.3) is 0 Å². The van der Waals surface area contributed by atoms with Crippen molar-refractivity contribution in [1.82, 2.24) is 10.2 Å². The molecule has 2 N–H and O–H groups in total. The quantitative estimate of drug-likeness (QED) is 0.858. The lowest BCUT2D eigenvalue weighted by Crippen LogP contribution is -2.52. The number of rotatable bonds is 4. The van der Waals surface area contributed by atoms with Crippen molar-refractivity contribution in [3.8, 4) is 0 Å². The molecule has 7 nitrogen and oxygen atoms in total. The van der Waals surface area contributed by atoms with E-state index in [4.69, 9.17) is 9.47 Å². The van der Waals surface area contributed by atoms with Gasteiger partial charge in [0, 0.05) is 19.6 Å². The standard InChI is InChI=1S/C19H28N2O5/c1-18(2,3)26-17(23)21-11-9-19(24,10-12-21)14-20-16(22)25-13-15-7-5-4-6-8-15/h4-8,24H,9-14H2,1-3H3,(H,20,22). The van der Waals surface area contributed by atoms with Crippen molar-refractivity contribution in [3.05, 3.63) is 35.9 Å². The van der Waals surface area contributed by atoms with Gasteiger partial charge in [-0.2, -0.15) is 0 Å². The van der Waals surface area contributed by atoms with Crippen LogP contribution < -0.4 is 5.32 Å². The molecule has 1 aromatic rings. The number of aliphatic hydroxyl groups is 1. The van der Waals surface area contributed by atoms with Gasteiger partial charge in [0.25, 0.3) is 0 Å². The van der Waals surface area contributed by atoms with E-state index < -0.39 is 17.3 Å². The minimum Gasteiger partial charge on any atom is -0.445 e. The molecular formula is C19H28N2O5. The van der Waals surface area contributed by atoms with Gasteiger partial charge in [-0.05, 0) is 39.2 Å². The maximum atomic E-state index is 12.0. The van der Waals surface area contributed by atoms with Crippen LogP contribution in [-0.4, -0.2) is 53.0 Å². The van der Waals surface area contributed by atoms with Gasteiger partial charge in [0.15, 0.2) is 0 Å². The summed E-state index contributed by atoms with van der Waals surface area (Å²) in [4.78, 5) is 25.4. The third-order valence-corrected chi connectivity index (χ3v) is 4.12. The highest BCUT2D eigenvalue weighted by atomic mass is 16.6. The minimum atomic E-state index is -1.05. The van der Waals surface area contributed by atoms with E-state index in [-0.39, 0.29) is 19.2 Å². The van der Waals surface area contributed by atoms with Gasteiger partial charge < -0.3 is 24.8 Å². The predicted octanol–water partition coefficient (Wildman–Crippen LogP) is 2.67. The van der Waals surface area contributed by atoms with Gasteiger partial charge >= 0.3 is 12.2 Å². The lowest BCUT2D eigenvalue weighted by atomic mass is 9.91. The molecule has 0 bridgehead atoms. The molecule has 1 aliphatic rings. The molecule has 2 rings (SSSR count). The van der Waals surface area contributed by atoms with Gasteiger partial charge in [-0.25, -0.2) is 9.59 Å². The second-order valence-corrected chi connectivity index (χ2v) is 7.61. The number of carbonyl (C=O) groups is 2. The third kappa shape index (κ3) is 6.55. The molecule has 0 atom stereocenters. The van der Waals surface area contributed by atoms with Crippen LogP contribution in [-0.2, 0) is 16.1 Å². The Morgan fingerprint density at radius 3 is 2.38 bits per heavy atom. The van der Waals surface area contributed by atoms with Crippen LogP contribution in [0, 0.1) is 0 Å². The minimum absolute atomic E-state index is 0.0861. The zero-order valence-electron chi connectivity index (χ0n) is 15.7. The number of hydrogen-bond donors (Lipinski definition) is 2. The van der Waals surface area contributed by atoms with Crippen LogP contribution in [0.2, 0.25) is 0 Å². The molecule has 2 amide bonds. The van der Waals surface area contributed by atoms with Crippen molar-refractivity contribution >= 4 is 12.2 Å². The van der Waals surface area contributed by atoms with E-state index in [1.165, 1.54) is 0 Å². The fourth-order valence-corrected chi connectivity index (χ4v) is 2.62. The molecular weight excluding hydrogens is 336 g/mol. The largest absolute Gasteiger partial charge is 0.445 e. The molecule has 0 unspecified atom stereocenters. The number of nitrogens with one attached hydrogen (secondary N) is 1. The molecule has 0 aliphatic carbocycles. The number of nitrogens with zero attached hydrogens (tertiary/aromatic N) is 1. The maximum absolute atomic E-state index is 12.0. The molecule has 0 spiro atoms. The van der Waals surface area contributed by atoms with Gasteiger partial charge in [-0.15, -0.1) is 0 Å². The van der Waals surface area contributed by atoms with Gasteiger partial charge in [-0.1, -0.05) is 30.3 Å². The van der Waals surface area contributed by atoms with Gasteiger partial charge in [-0.3, -0.25) is 0 Å². The highest BCUT2D eigenvalue weighted by molar-refractivity contribution is 5.68. The van der Waals surface area contributed by atoms with Crippen molar-refractivity contribution in [2.45, 2.75) is 51.4 Å². The summed E-state index contributed by atoms with van der Waals surface area (Å²) in [6, 6.07) is 9.37. The van der Waals surface area contributed by atoms with Crippen molar-refractivity contribution in [2.24, 2.45) is 0 Å². The average Bonchev–Trinajstić information content (AvgIpc) is 2.58. The van der Waals surface area contributed by atoms with Crippen LogP contribution in [0.3, 0.4) is 0 Å². The highest BCUT2D eigenvalue weighted by Gasteiger charge is 2.35. The first-order valence-corrected chi connectivity index (χ1v) is 8.82. The summed E-state index contributed by atoms with van der Waals surface area (Å²) in [5, 5.41) is 13.2. The van der Waals surface area contributed by atoms with E-state index in [1.807, 2.05) is 51.1 Å². The van der Waals surface area contributed by atoms with Crippen molar-refractivity contribution in [1.29, 1.82) is 0 Å². The molecule has 26 heavy (non-hydrogen) atoms. The number of benzene rings is 1. The first-order valence-electron chi connectivity index (χ1n) is 8.82. The van der Waals surface area contributed by atoms with E-state index in [0.717, 1.165) is 5.56 Å². The molecule has 0 saturated carbocycles. The molecule has 7 heteroatoms. The molecule has 1 aromatic carbocycles. The van der Waals surface area contributed by atoms with Crippen LogP contribution in [0.5, 0.6) is 0 Å². The number of piperidine rings is 1. The molecule has 1 fully saturated rings. The summed E-state index contributed by atoms with van der Waals surface area (Å²) < 4.78 is 10.5. The Bertz CT molecular complexity index is 604. The summed E-state index contributed by atoms with van der Waals surface area (Å²) >= 11 is 0. The second kappa shape index (κ2) is 8.40. The Balaban J connectivity index is 1.71. The van der Waals surface area contributed by atoms with Crippen LogP contribution in [0.1, 0.15) is 39.2 Å². The number of ether oxygens (including phenoxy) is 2. The lowest BCUT2D eigenvalue weighted by Gasteiger charge is -2.38. The summed E-state index contributed by atoms with van der Waals surface area (Å²) in [5.74, 6) is 0. The number of carbonyl (C=O) groups excluding carboxylic acids is 2. The molecule has 1 aliphatic heterocycles. The summed E-state index contributed by atoms with van der Waals surface area (Å²) in [6.45, 7) is 6.47. The van der Waals surface area contributed by atoms with Crippen molar-refractivity contribution < 1.29 is 24.2 Å². The van der Waals surface area contributed by atoms with E-state index in [9.17, 15) is 14.7 Å². The van der Waals surface area contributed by atoms with E-state index in [0.29, 0.717) is 25.9 Å². The Labute approximate surface area is 154 Å². The Kier molecular flexibility index (Phi) is 6.47. The topological polar surface area (TPSA) is 88.1 Å². The number of alkyl carbamates (subject to hydrolysis) is 1.